The number of hydrogen-bond donors (Lipinski definition) is 0. The molecule has 0 bridgehead atoms. The van der Waals surface area contributed by atoms with Crippen LogP contribution < -0.4 is 4.90 Å². The second kappa shape index (κ2) is 8.97. The van der Waals surface area contributed by atoms with Gasteiger partial charge in [-0.15, -0.1) is 11.3 Å². The summed E-state index contributed by atoms with van der Waals surface area (Å²) in [5.74, 6) is 1.27. The van der Waals surface area contributed by atoms with Crippen molar-refractivity contribution in [1.29, 1.82) is 0 Å². The van der Waals surface area contributed by atoms with Crippen molar-refractivity contribution in [3.63, 3.8) is 0 Å². The SMILES string of the molecule is CCN(CCC(=O)N1CCN(c2ccccn2)CC1)Cc1cccs1. The molecule has 1 amide bonds. The van der Waals surface area contributed by atoms with Crippen LogP contribution in [0.25, 0.3) is 0 Å². The molecule has 0 aliphatic carbocycles. The Morgan fingerprint density at radius 3 is 2.68 bits per heavy atom. The molecule has 0 atom stereocenters. The Balaban J connectivity index is 1.43. The van der Waals surface area contributed by atoms with E-state index in [-0.39, 0.29) is 5.91 Å². The average Bonchev–Trinajstić information content (AvgIpc) is 3.19. The Labute approximate surface area is 153 Å². The number of thiophene rings is 1. The molecule has 1 aliphatic rings. The van der Waals surface area contributed by atoms with Gasteiger partial charge in [0.05, 0.1) is 0 Å². The molecule has 3 heterocycles. The predicted molar refractivity (Wildman–Crippen MR) is 103 cm³/mol. The third-order valence-electron chi connectivity index (χ3n) is 4.65. The molecule has 6 heteroatoms. The fourth-order valence-electron chi connectivity index (χ4n) is 3.11. The molecule has 3 rings (SSSR count). The van der Waals surface area contributed by atoms with Gasteiger partial charge in [0.25, 0.3) is 0 Å². The molecule has 25 heavy (non-hydrogen) atoms. The number of hydrogen-bond acceptors (Lipinski definition) is 5. The maximum Gasteiger partial charge on any atom is 0.223 e. The molecule has 0 spiro atoms. The van der Waals surface area contributed by atoms with Gasteiger partial charge in [-0.25, -0.2) is 4.98 Å². The number of rotatable bonds is 7. The number of anilines is 1. The topological polar surface area (TPSA) is 39.7 Å². The number of pyridine rings is 1. The minimum atomic E-state index is 0.269. The van der Waals surface area contributed by atoms with Gasteiger partial charge in [0.15, 0.2) is 0 Å². The van der Waals surface area contributed by atoms with Crippen LogP contribution in [0.2, 0.25) is 0 Å². The molecular weight excluding hydrogens is 332 g/mol. The smallest absolute Gasteiger partial charge is 0.223 e. The van der Waals surface area contributed by atoms with Gasteiger partial charge in [-0.05, 0) is 30.1 Å². The van der Waals surface area contributed by atoms with Crippen molar-refractivity contribution in [2.24, 2.45) is 0 Å². The highest BCUT2D eigenvalue weighted by molar-refractivity contribution is 7.09. The van der Waals surface area contributed by atoms with Crippen LogP contribution in [0.4, 0.5) is 5.82 Å². The van der Waals surface area contributed by atoms with Crippen LogP contribution >= 0.6 is 11.3 Å². The fraction of sp³-hybridized carbons (Fsp3) is 0.474. The summed E-state index contributed by atoms with van der Waals surface area (Å²) in [4.78, 5) is 24.9. The molecule has 0 unspecified atom stereocenters. The van der Waals surface area contributed by atoms with Gasteiger partial charge in [-0.3, -0.25) is 9.69 Å². The predicted octanol–water partition coefficient (Wildman–Crippen LogP) is 2.70. The summed E-state index contributed by atoms with van der Waals surface area (Å²) in [5.41, 5.74) is 0. The molecule has 1 fully saturated rings. The lowest BCUT2D eigenvalue weighted by atomic mass is 10.2. The summed E-state index contributed by atoms with van der Waals surface area (Å²) in [6, 6.07) is 10.2. The third-order valence-corrected chi connectivity index (χ3v) is 5.52. The highest BCUT2D eigenvalue weighted by Gasteiger charge is 2.22. The second-order valence-electron chi connectivity index (χ2n) is 6.25. The van der Waals surface area contributed by atoms with Gasteiger partial charge in [0.1, 0.15) is 5.82 Å². The first kappa shape index (κ1) is 17.9. The lowest BCUT2D eigenvalue weighted by Gasteiger charge is -2.35. The maximum absolute atomic E-state index is 12.5. The van der Waals surface area contributed by atoms with Crippen LogP contribution in [0, 0.1) is 0 Å². The fourth-order valence-corrected chi connectivity index (χ4v) is 3.86. The standard InChI is InChI=1S/C19H26N4OS/c1-2-21(16-17-6-5-15-25-17)10-8-19(24)23-13-11-22(12-14-23)18-7-3-4-9-20-18/h3-7,9,15H,2,8,10-14,16H2,1H3. The van der Waals surface area contributed by atoms with E-state index in [9.17, 15) is 4.79 Å². The number of carbonyl (C=O) groups excluding carboxylic acids is 1. The first-order chi connectivity index (χ1) is 12.3. The van der Waals surface area contributed by atoms with E-state index in [1.807, 2.05) is 29.3 Å². The van der Waals surface area contributed by atoms with Crippen molar-refractivity contribution >= 4 is 23.1 Å². The first-order valence-corrected chi connectivity index (χ1v) is 9.82. The molecule has 0 saturated carbocycles. The Morgan fingerprint density at radius 1 is 1.20 bits per heavy atom. The van der Waals surface area contributed by atoms with Gasteiger partial charge in [0.2, 0.25) is 5.91 Å². The lowest BCUT2D eigenvalue weighted by molar-refractivity contribution is -0.131. The first-order valence-electron chi connectivity index (χ1n) is 8.94. The number of amides is 1. The molecule has 134 valence electrons. The van der Waals surface area contributed by atoms with E-state index in [1.165, 1.54) is 4.88 Å². The highest BCUT2D eigenvalue weighted by Crippen LogP contribution is 2.14. The van der Waals surface area contributed by atoms with Crippen LogP contribution in [0.1, 0.15) is 18.2 Å². The number of carbonyl (C=O) groups is 1. The molecule has 5 nitrogen and oxygen atoms in total. The van der Waals surface area contributed by atoms with Gasteiger partial charge in [-0.2, -0.15) is 0 Å². The van der Waals surface area contributed by atoms with Crippen molar-refractivity contribution in [2.45, 2.75) is 19.9 Å². The number of nitrogens with zero attached hydrogens (tertiary/aromatic N) is 4. The molecule has 1 saturated heterocycles. The van der Waals surface area contributed by atoms with Gasteiger partial charge in [0, 0.05) is 56.8 Å². The average molecular weight is 359 g/mol. The van der Waals surface area contributed by atoms with Gasteiger partial charge < -0.3 is 9.80 Å². The van der Waals surface area contributed by atoms with E-state index >= 15 is 0 Å². The second-order valence-corrected chi connectivity index (χ2v) is 7.29. The zero-order chi connectivity index (χ0) is 17.5. The van der Waals surface area contributed by atoms with Crippen molar-refractivity contribution < 1.29 is 4.79 Å². The van der Waals surface area contributed by atoms with Crippen molar-refractivity contribution in [3.8, 4) is 0 Å². The monoisotopic (exact) mass is 358 g/mol. The number of piperazine rings is 1. The third kappa shape index (κ3) is 5.03. The van der Waals surface area contributed by atoms with Crippen LogP contribution in [0.15, 0.2) is 41.9 Å². The Hall–Kier alpha value is -1.92. The van der Waals surface area contributed by atoms with E-state index in [0.717, 1.165) is 51.6 Å². The zero-order valence-electron chi connectivity index (χ0n) is 14.8. The summed E-state index contributed by atoms with van der Waals surface area (Å²) in [6.07, 6.45) is 2.42. The molecule has 1 aliphatic heterocycles. The van der Waals surface area contributed by atoms with E-state index in [4.69, 9.17) is 0 Å². The summed E-state index contributed by atoms with van der Waals surface area (Å²) in [5, 5.41) is 2.11. The van der Waals surface area contributed by atoms with Crippen molar-refractivity contribution in [1.82, 2.24) is 14.8 Å². The number of aromatic nitrogens is 1. The van der Waals surface area contributed by atoms with Crippen LogP contribution in [0.5, 0.6) is 0 Å². The minimum Gasteiger partial charge on any atom is -0.353 e. The summed E-state index contributed by atoms with van der Waals surface area (Å²) < 4.78 is 0. The Morgan fingerprint density at radius 2 is 2.04 bits per heavy atom. The molecule has 2 aromatic rings. The maximum atomic E-state index is 12.5. The van der Waals surface area contributed by atoms with Crippen LogP contribution in [-0.4, -0.2) is 60.0 Å². The minimum absolute atomic E-state index is 0.269. The van der Waals surface area contributed by atoms with Gasteiger partial charge >= 0.3 is 0 Å². The lowest BCUT2D eigenvalue weighted by Crippen LogP contribution is -2.49. The molecule has 2 aromatic heterocycles. The van der Waals surface area contributed by atoms with E-state index in [2.05, 4.69) is 39.2 Å². The van der Waals surface area contributed by atoms with Crippen LogP contribution in [0.3, 0.4) is 0 Å². The summed E-state index contributed by atoms with van der Waals surface area (Å²) in [7, 11) is 0. The van der Waals surface area contributed by atoms with Gasteiger partial charge in [-0.1, -0.05) is 19.1 Å². The normalized spacial score (nSPS) is 15.0. The Kier molecular flexibility index (Phi) is 6.42. The van der Waals surface area contributed by atoms with E-state index in [0.29, 0.717) is 6.42 Å². The molecule has 0 N–H and O–H groups in total. The Bertz CT molecular complexity index is 639. The van der Waals surface area contributed by atoms with Crippen molar-refractivity contribution in [3.05, 3.63) is 46.8 Å². The quantitative estimate of drug-likeness (QED) is 0.763. The summed E-state index contributed by atoms with van der Waals surface area (Å²) in [6.45, 7) is 8.18. The van der Waals surface area contributed by atoms with E-state index < -0.39 is 0 Å². The van der Waals surface area contributed by atoms with Crippen molar-refractivity contribution in [2.75, 3.05) is 44.2 Å². The highest BCUT2D eigenvalue weighted by atomic mass is 32.1. The molecule has 0 aromatic carbocycles. The summed E-state index contributed by atoms with van der Waals surface area (Å²) >= 11 is 1.78. The largest absolute Gasteiger partial charge is 0.353 e. The zero-order valence-corrected chi connectivity index (χ0v) is 15.6. The van der Waals surface area contributed by atoms with E-state index in [1.54, 1.807) is 11.3 Å². The molecule has 0 radical (unpaired) electrons. The van der Waals surface area contributed by atoms with Crippen LogP contribution in [-0.2, 0) is 11.3 Å². The molecular formula is C19H26N4OS.